The lowest BCUT2D eigenvalue weighted by molar-refractivity contribution is -0.122. The summed E-state index contributed by atoms with van der Waals surface area (Å²) in [5.41, 5.74) is 1.41. The fourth-order valence-electron chi connectivity index (χ4n) is 3.28. The van der Waals surface area contributed by atoms with Gasteiger partial charge in [-0.3, -0.25) is 9.59 Å². The number of carbonyl (C=O) groups is 1. The number of nitrogens with one attached hydrogen (secondary N) is 1. The molecule has 3 rings (SSSR count). The molecule has 0 radical (unpaired) electrons. The van der Waals surface area contributed by atoms with E-state index in [0.29, 0.717) is 13.0 Å². The van der Waals surface area contributed by atoms with Gasteiger partial charge < -0.3 is 10.2 Å². The third kappa shape index (κ3) is 4.68. The van der Waals surface area contributed by atoms with Crippen molar-refractivity contribution >= 4 is 11.6 Å². The molecule has 1 atom stereocenters. The van der Waals surface area contributed by atoms with Gasteiger partial charge in [0.05, 0.1) is 11.9 Å². The van der Waals surface area contributed by atoms with Crippen molar-refractivity contribution in [3.63, 3.8) is 0 Å². The van der Waals surface area contributed by atoms with Crippen LogP contribution in [0.5, 0.6) is 0 Å². The largest absolute Gasteiger partial charge is 0.370 e. The maximum absolute atomic E-state index is 13.2. The second-order valence-corrected chi connectivity index (χ2v) is 6.74. The maximum atomic E-state index is 13.2. The maximum Gasteiger partial charge on any atom is 0.268 e. The zero-order valence-electron chi connectivity index (χ0n) is 14.8. The van der Waals surface area contributed by atoms with Gasteiger partial charge in [-0.05, 0) is 36.5 Å². The zero-order valence-corrected chi connectivity index (χ0v) is 14.8. The Labute approximate surface area is 151 Å². The predicted molar refractivity (Wildman–Crippen MR) is 97.3 cm³/mol. The van der Waals surface area contributed by atoms with E-state index < -0.39 is 0 Å². The number of aryl methyl sites for hydroxylation is 1. The number of carbonyl (C=O) groups excluding carboxylic acids is 1. The third-order valence-electron chi connectivity index (χ3n) is 4.69. The molecular weight excluding hydrogens is 335 g/mol. The minimum Gasteiger partial charge on any atom is -0.370 e. The first-order valence-electron chi connectivity index (χ1n) is 8.81. The standard InChI is InChI=1S/C19H23FN4O2/c1-23-19(26)10-17(12-22-23)24-7-3-5-15(13-24)9-18(25)21-11-14-4-2-6-16(20)8-14/h2,4,6,8,10,12,15H,3,5,7,9,11,13H2,1H3,(H,21,25). The number of piperidine rings is 1. The number of amides is 1. The summed E-state index contributed by atoms with van der Waals surface area (Å²) in [5.74, 6) is -0.120. The molecule has 1 amide bonds. The van der Waals surface area contributed by atoms with Crippen molar-refractivity contribution in [1.29, 1.82) is 0 Å². The molecule has 2 heterocycles. The Balaban J connectivity index is 1.53. The van der Waals surface area contributed by atoms with Crippen LogP contribution in [0.1, 0.15) is 24.8 Å². The summed E-state index contributed by atoms with van der Waals surface area (Å²) < 4.78 is 14.5. The molecule has 0 bridgehead atoms. The minimum absolute atomic E-state index is 0.0387. The summed E-state index contributed by atoms with van der Waals surface area (Å²) in [6.07, 6.45) is 4.05. The Hall–Kier alpha value is -2.70. The normalized spacial score (nSPS) is 17.2. The first-order valence-corrected chi connectivity index (χ1v) is 8.81. The average Bonchev–Trinajstić information content (AvgIpc) is 2.63. The summed E-state index contributed by atoms with van der Waals surface area (Å²) in [5, 5.41) is 6.92. The second kappa shape index (κ2) is 8.12. The molecule has 1 saturated heterocycles. The summed E-state index contributed by atoms with van der Waals surface area (Å²) in [6.45, 7) is 1.91. The highest BCUT2D eigenvalue weighted by Crippen LogP contribution is 2.23. The Morgan fingerprint density at radius 3 is 3.00 bits per heavy atom. The van der Waals surface area contributed by atoms with Crippen LogP contribution in [0, 0.1) is 11.7 Å². The van der Waals surface area contributed by atoms with Crippen LogP contribution in [0.3, 0.4) is 0 Å². The highest BCUT2D eigenvalue weighted by molar-refractivity contribution is 5.76. The number of hydrogen-bond donors (Lipinski definition) is 1. The number of anilines is 1. The van der Waals surface area contributed by atoms with Crippen LogP contribution < -0.4 is 15.8 Å². The summed E-state index contributed by atoms with van der Waals surface area (Å²) in [4.78, 5) is 26.1. The summed E-state index contributed by atoms with van der Waals surface area (Å²) in [6, 6.07) is 7.81. The van der Waals surface area contributed by atoms with Gasteiger partial charge in [-0.15, -0.1) is 0 Å². The number of hydrogen-bond acceptors (Lipinski definition) is 4. The molecule has 7 heteroatoms. The van der Waals surface area contributed by atoms with E-state index >= 15 is 0 Å². The zero-order chi connectivity index (χ0) is 18.5. The minimum atomic E-state index is -0.303. The SMILES string of the molecule is Cn1ncc(N2CCCC(CC(=O)NCc3cccc(F)c3)C2)cc1=O. The molecule has 138 valence electrons. The van der Waals surface area contributed by atoms with Crippen LogP contribution in [-0.4, -0.2) is 28.8 Å². The molecule has 0 spiro atoms. The van der Waals surface area contributed by atoms with Crippen LogP contribution in [0.15, 0.2) is 41.3 Å². The lowest BCUT2D eigenvalue weighted by Gasteiger charge is -2.33. The van der Waals surface area contributed by atoms with Gasteiger partial charge in [-0.1, -0.05) is 12.1 Å². The monoisotopic (exact) mass is 358 g/mol. The molecule has 1 fully saturated rings. The predicted octanol–water partition coefficient (Wildman–Crippen LogP) is 1.84. The Morgan fingerprint density at radius 2 is 2.23 bits per heavy atom. The van der Waals surface area contributed by atoms with Crippen LogP contribution >= 0.6 is 0 Å². The molecule has 1 aliphatic heterocycles. The summed E-state index contributed by atoms with van der Waals surface area (Å²) >= 11 is 0. The van der Waals surface area contributed by atoms with Crippen LogP contribution in [0.2, 0.25) is 0 Å². The van der Waals surface area contributed by atoms with Crippen molar-refractivity contribution in [1.82, 2.24) is 15.1 Å². The average molecular weight is 358 g/mol. The van der Waals surface area contributed by atoms with E-state index in [1.54, 1.807) is 31.4 Å². The van der Waals surface area contributed by atoms with Crippen molar-refractivity contribution in [2.75, 3.05) is 18.0 Å². The highest BCUT2D eigenvalue weighted by atomic mass is 19.1. The van der Waals surface area contributed by atoms with Gasteiger partial charge in [0.15, 0.2) is 0 Å². The van der Waals surface area contributed by atoms with Gasteiger partial charge in [0, 0.05) is 39.2 Å². The first-order chi connectivity index (χ1) is 12.5. The van der Waals surface area contributed by atoms with E-state index in [1.165, 1.54) is 16.8 Å². The molecule has 1 aromatic heterocycles. The molecular formula is C19H23FN4O2. The number of aromatic nitrogens is 2. The van der Waals surface area contributed by atoms with Gasteiger partial charge in [-0.2, -0.15) is 5.10 Å². The molecule has 2 aromatic rings. The summed E-state index contributed by atoms with van der Waals surface area (Å²) in [7, 11) is 1.62. The van der Waals surface area contributed by atoms with Crippen molar-refractivity contribution in [2.24, 2.45) is 13.0 Å². The van der Waals surface area contributed by atoms with E-state index in [2.05, 4.69) is 15.3 Å². The smallest absolute Gasteiger partial charge is 0.268 e. The van der Waals surface area contributed by atoms with Crippen molar-refractivity contribution in [3.05, 3.63) is 58.3 Å². The Kier molecular flexibility index (Phi) is 5.65. The third-order valence-corrected chi connectivity index (χ3v) is 4.69. The Morgan fingerprint density at radius 1 is 1.38 bits per heavy atom. The van der Waals surface area contributed by atoms with Crippen molar-refractivity contribution in [3.8, 4) is 0 Å². The first kappa shape index (κ1) is 18.1. The lowest BCUT2D eigenvalue weighted by atomic mass is 9.94. The topological polar surface area (TPSA) is 67.2 Å². The fraction of sp³-hybridized carbons (Fsp3) is 0.421. The molecule has 26 heavy (non-hydrogen) atoms. The molecule has 0 saturated carbocycles. The van der Waals surface area contributed by atoms with Gasteiger partial charge in [-0.25, -0.2) is 9.07 Å². The van der Waals surface area contributed by atoms with E-state index in [4.69, 9.17) is 0 Å². The van der Waals surface area contributed by atoms with Crippen LogP contribution in [-0.2, 0) is 18.4 Å². The number of benzene rings is 1. The van der Waals surface area contributed by atoms with Gasteiger partial charge in [0.2, 0.25) is 5.91 Å². The molecule has 6 nitrogen and oxygen atoms in total. The van der Waals surface area contributed by atoms with E-state index in [9.17, 15) is 14.0 Å². The second-order valence-electron chi connectivity index (χ2n) is 6.74. The van der Waals surface area contributed by atoms with Gasteiger partial charge in [0.1, 0.15) is 5.82 Å². The number of rotatable bonds is 5. The number of halogens is 1. The van der Waals surface area contributed by atoms with Crippen LogP contribution in [0.25, 0.3) is 0 Å². The quantitative estimate of drug-likeness (QED) is 0.886. The van der Waals surface area contributed by atoms with E-state index in [-0.39, 0.29) is 23.2 Å². The van der Waals surface area contributed by atoms with Crippen LogP contribution in [0.4, 0.5) is 10.1 Å². The lowest BCUT2D eigenvalue weighted by Crippen LogP contribution is -2.38. The molecule has 1 N–H and O–H groups in total. The van der Waals surface area contributed by atoms with Crippen molar-refractivity contribution in [2.45, 2.75) is 25.8 Å². The number of nitrogens with zero attached hydrogens (tertiary/aromatic N) is 3. The van der Waals surface area contributed by atoms with Gasteiger partial charge in [0.25, 0.3) is 5.56 Å². The Bertz CT molecular complexity index is 836. The van der Waals surface area contributed by atoms with Crippen molar-refractivity contribution < 1.29 is 9.18 Å². The van der Waals surface area contributed by atoms with E-state index in [0.717, 1.165) is 37.2 Å². The fourth-order valence-corrected chi connectivity index (χ4v) is 3.28. The van der Waals surface area contributed by atoms with Gasteiger partial charge >= 0.3 is 0 Å². The molecule has 0 aliphatic carbocycles. The molecule has 1 aliphatic rings. The molecule has 1 aromatic carbocycles. The van der Waals surface area contributed by atoms with E-state index in [1.807, 2.05) is 0 Å². The molecule has 1 unspecified atom stereocenters. The highest BCUT2D eigenvalue weighted by Gasteiger charge is 2.23.